The summed E-state index contributed by atoms with van der Waals surface area (Å²) in [6.45, 7) is 8.95. The molecule has 13 nitrogen and oxygen atoms in total. The number of imidazole rings is 1. The summed E-state index contributed by atoms with van der Waals surface area (Å²) in [6.07, 6.45) is 2.89. The monoisotopic (exact) mass is 737 g/mol. The van der Waals surface area contributed by atoms with Gasteiger partial charge in [0.25, 0.3) is 0 Å². The molecule has 2 aromatic carbocycles. The number of nitrogens with zero attached hydrogens (tertiary/aromatic N) is 6. The Hall–Kier alpha value is -5.38. The van der Waals surface area contributed by atoms with E-state index < -0.39 is 24.3 Å². The number of rotatable bonds is 8. The van der Waals surface area contributed by atoms with Crippen LogP contribution >= 0.6 is 0 Å². The Morgan fingerprint density at radius 3 is 1.91 bits per heavy atom. The smallest absolute Gasteiger partial charge is 0.409 e. The van der Waals surface area contributed by atoms with E-state index in [1.807, 2.05) is 67.8 Å². The summed E-state index contributed by atoms with van der Waals surface area (Å²) >= 11 is 0. The van der Waals surface area contributed by atoms with Gasteiger partial charge in [-0.15, -0.1) is 0 Å². The number of aromatic nitrogens is 2. The Labute approximate surface area is 317 Å². The number of ether oxygens (including phenoxy) is 2. The average Bonchev–Trinajstić information content (AvgIpc) is 3.97. The molecule has 2 fully saturated rings. The lowest BCUT2D eigenvalue weighted by molar-refractivity contribution is -0.139. The number of hydrogen-bond donors (Lipinski definition) is 1. The van der Waals surface area contributed by atoms with Crippen molar-refractivity contribution in [1.29, 1.82) is 0 Å². The first kappa shape index (κ1) is 38.3. The van der Waals surface area contributed by atoms with Crippen molar-refractivity contribution in [3.63, 3.8) is 0 Å². The molecule has 0 spiro atoms. The van der Waals surface area contributed by atoms with Crippen LogP contribution < -0.4 is 0 Å². The number of carbonyl (C=O) groups excluding carboxylic acids is 4. The fourth-order valence-corrected chi connectivity index (χ4v) is 8.25. The zero-order valence-electron chi connectivity index (χ0n) is 32.5. The highest BCUT2D eigenvalue weighted by molar-refractivity contribution is 6.01. The molecule has 6 rings (SSSR count). The number of likely N-dealkylation sites (tertiary alicyclic amines) is 2. The quantitative estimate of drug-likeness (QED) is 0.293. The van der Waals surface area contributed by atoms with Gasteiger partial charge in [0.15, 0.2) is 0 Å². The van der Waals surface area contributed by atoms with Crippen LogP contribution in [-0.2, 0) is 25.5 Å². The molecule has 0 bridgehead atoms. The van der Waals surface area contributed by atoms with Gasteiger partial charge in [0.1, 0.15) is 17.9 Å². The minimum atomic E-state index is -0.646. The summed E-state index contributed by atoms with van der Waals surface area (Å²) in [5, 5.41) is 0. The molecule has 4 amide bonds. The zero-order chi connectivity index (χ0) is 38.8. The molecular weight excluding hydrogens is 686 g/mol. The van der Waals surface area contributed by atoms with Crippen molar-refractivity contribution in [2.45, 2.75) is 84.0 Å². The van der Waals surface area contributed by atoms with Crippen molar-refractivity contribution in [3.8, 4) is 11.8 Å². The molecule has 2 saturated heterocycles. The largest absolute Gasteiger partial charge is 0.453 e. The van der Waals surface area contributed by atoms with Crippen LogP contribution in [0.2, 0.25) is 0 Å². The minimum absolute atomic E-state index is 0.0794. The molecule has 0 saturated carbocycles. The van der Waals surface area contributed by atoms with Gasteiger partial charge < -0.3 is 24.3 Å². The van der Waals surface area contributed by atoms with Crippen molar-refractivity contribution in [1.82, 2.24) is 29.6 Å². The highest BCUT2D eigenvalue weighted by atomic mass is 16.5. The van der Waals surface area contributed by atoms with Gasteiger partial charge in [0.2, 0.25) is 11.8 Å². The summed E-state index contributed by atoms with van der Waals surface area (Å²) in [4.78, 5) is 72.0. The lowest BCUT2D eigenvalue weighted by Crippen LogP contribution is -2.54. The minimum Gasteiger partial charge on any atom is -0.453 e. The van der Waals surface area contributed by atoms with Crippen LogP contribution in [0.25, 0.3) is 11.0 Å². The van der Waals surface area contributed by atoms with E-state index in [1.54, 1.807) is 14.1 Å². The van der Waals surface area contributed by atoms with Gasteiger partial charge >= 0.3 is 12.2 Å². The normalized spacial score (nSPS) is 19.0. The maximum absolute atomic E-state index is 13.8. The van der Waals surface area contributed by atoms with Crippen molar-refractivity contribution in [3.05, 3.63) is 58.9 Å². The lowest BCUT2D eigenvalue weighted by atomic mass is 9.98. The molecular formula is C41H51N7O6. The van der Waals surface area contributed by atoms with Gasteiger partial charge in [0.05, 0.1) is 43.0 Å². The molecule has 286 valence electrons. The van der Waals surface area contributed by atoms with Gasteiger partial charge in [-0.05, 0) is 79.5 Å². The fraction of sp³-hybridized carbons (Fsp3) is 0.512. The summed E-state index contributed by atoms with van der Waals surface area (Å²) in [5.74, 6) is 6.95. The standard InChI is InChI=1S/C41H51N7O6/c1-24(2)35(45(5)40(51)53-7)38(49)47-19-9-11-33(47)32-23-28-21-26(15-17-29(28)42-32)13-14-27-16-18-30-31(22-27)44-37(43-30)34-12-10-20-48(34)39(50)36(25(3)4)46(6)41(52)54-8/h15-18,21-22,24-25,33-36H,9-12,19-20,23H2,1-8H3,(H,43,44)/t33-,34-,35-,36-/m0/s1. The number of likely N-dealkylation sites (N-methyl/N-ethyl adjacent to an activating group) is 2. The van der Waals surface area contributed by atoms with E-state index in [9.17, 15) is 19.2 Å². The van der Waals surface area contributed by atoms with E-state index in [0.29, 0.717) is 19.5 Å². The lowest BCUT2D eigenvalue weighted by Gasteiger charge is -2.35. The summed E-state index contributed by atoms with van der Waals surface area (Å²) in [7, 11) is 5.86. The number of fused-ring (bicyclic) bond motifs is 2. The number of nitrogens with one attached hydrogen (secondary N) is 1. The Morgan fingerprint density at radius 1 is 0.796 bits per heavy atom. The third-order valence-corrected chi connectivity index (χ3v) is 10.9. The number of carbonyl (C=O) groups is 4. The second-order valence-electron chi connectivity index (χ2n) is 15.1. The van der Waals surface area contributed by atoms with Crippen molar-refractivity contribution < 1.29 is 28.7 Å². The summed E-state index contributed by atoms with van der Waals surface area (Å²) in [6, 6.07) is 10.3. The number of aromatic amines is 1. The Balaban J connectivity index is 1.15. The second-order valence-corrected chi connectivity index (χ2v) is 15.1. The number of benzene rings is 2. The predicted octanol–water partition coefficient (Wildman–Crippen LogP) is 5.69. The van der Waals surface area contributed by atoms with Crippen LogP contribution in [0.4, 0.5) is 15.3 Å². The highest BCUT2D eigenvalue weighted by Crippen LogP contribution is 2.35. The van der Waals surface area contributed by atoms with Gasteiger partial charge in [-0.2, -0.15) is 0 Å². The first-order valence-electron chi connectivity index (χ1n) is 18.8. The van der Waals surface area contributed by atoms with Gasteiger partial charge in [-0.1, -0.05) is 39.5 Å². The van der Waals surface area contributed by atoms with Crippen molar-refractivity contribution >= 4 is 46.4 Å². The number of hydrogen-bond acceptors (Lipinski definition) is 8. The van der Waals surface area contributed by atoms with Crippen LogP contribution in [0.1, 0.15) is 81.9 Å². The fourth-order valence-electron chi connectivity index (χ4n) is 8.25. The molecule has 0 unspecified atom stereocenters. The van der Waals surface area contributed by atoms with E-state index in [0.717, 1.165) is 70.6 Å². The van der Waals surface area contributed by atoms with Crippen LogP contribution in [0, 0.1) is 23.7 Å². The van der Waals surface area contributed by atoms with E-state index >= 15 is 0 Å². The first-order valence-corrected chi connectivity index (χ1v) is 18.8. The maximum Gasteiger partial charge on any atom is 0.409 e. The summed E-state index contributed by atoms with van der Waals surface area (Å²) in [5.41, 5.74) is 6.25. The van der Waals surface area contributed by atoms with Gasteiger partial charge in [-0.3, -0.25) is 24.4 Å². The van der Waals surface area contributed by atoms with Crippen molar-refractivity contribution in [2.24, 2.45) is 16.8 Å². The molecule has 54 heavy (non-hydrogen) atoms. The number of H-pyrrole nitrogens is 1. The molecule has 3 aliphatic heterocycles. The molecule has 0 radical (unpaired) electrons. The highest BCUT2D eigenvalue weighted by Gasteiger charge is 2.42. The second kappa shape index (κ2) is 15.9. The zero-order valence-corrected chi connectivity index (χ0v) is 32.5. The number of amides is 4. The molecule has 13 heteroatoms. The molecule has 0 aliphatic carbocycles. The van der Waals surface area contributed by atoms with E-state index in [2.05, 4.69) is 22.9 Å². The number of aliphatic imine (C=N–C) groups is 1. The third-order valence-electron chi connectivity index (χ3n) is 10.9. The van der Waals surface area contributed by atoms with Gasteiger partial charge in [-0.25, -0.2) is 14.6 Å². The SMILES string of the molecule is COC(=O)N(C)[C@H](C(=O)N1CCC[C@H]1C1=Nc2ccc(C#Cc3ccc4nc([C@@H]5CCCN5C(=O)[C@H](C(C)C)N(C)C(=O)OC)[nH]c4c3)cc2C1)C(C)C. The maximum atomic E-state index is 13.8. The number of methoxy groups -OCH3 is 2. The molecule has 3 aliphatic rings. The third kappa shape index (κ3) is 7.52. The Kier molecular flexibility index (Phi) is 11.3. The molecule has 4 atom stereocenters. The summed E-state index contributed by atoms with van der Waals surface area (Å²) < 4.78 is 9.82. The van der Waals surface area contributed by atoms with Crippen LogP contribution in [-0.4, -0.2) is 119 Å². The van der Waals surface area contributed by atoms with Crippen LogP contribution in [0.15, 0.2) is 41.4 Å². The van der Waals surface area contributed by atoms with E-state index in [1.165, 1.54) is 24.0 Å². The van der Waals surface area contributed by atoms with Crippen LogP contribution in [0.3, 0.4) is 0 Å². The topological polar surface area (TPSA) is 141 Å². The molecule has 1 aromatic heterocycles. The average molecular weight is 738 g/mol. The Bertz CT molecular complexity index is 2030. The van der Waals surface area contributed by atoms with Gasteiger partial charge in [0, 0.05) is 50.4 Å². The van der Waals surface area contributed by atoms with E-state index in [4.69, 9.17) is 19.5 Å². The molecule has 1 N–H and O–H groups in total. The molecule has 3 aromatic rings. The Morgan fingerprint density at radius 2 is 1.33 bits per heavy atom. The van der Waals surface area contributed by atoms with E-state index in [-0.39, 0.29) is 35.7 Å². The predicted molar refractivity (Wildman–Crippen MR) is 205 cm³/mol. The van der Waals surface area contributed by atoms with Crippen molar-refractivity contribution in [2.75, 3.05) is 41.4 Å². The van der Waals surface area contributed by atoms with Crippen LogP contribution in [0.5, 0.6) is 0 Å². The first-order chi connectivity index (χ1) is 25.8. The molecule has 4 heterocycles.